The van der Waals surface area contributed by atoms with Gasteiger partial charge in [-0.25, -0.2) is 9.97 Å². The number of anilines is 1. The average Bonchev–Trinajstić information content (AvgIpc) is 2.66. The van der Waals surface area contributed by atoms with Crippen molar-refractivity contribution in [2.45, 2.75) is 26.1 Å². The van der Waals surface area contributed by atoms with Gasteiger partial charge in [0.15, 0.2) is 0 Å². The molecule has 0 spiro atoms. The summed E-state index contributed by atoms with van der Waals surface area (Å²) in [5.74, 6) is -0.0161. The van der Waals surface area contributed by atoms with Crippen LogP contribution in [-0.2, 0) is 6.18 Å². The molecule has 3 aromatic rings. The normalized spacial score (nSPS) is 14.7. The van der Waals surface area contributed by atoms with Gasteiger partial charge in [0.2, 0.25) is 5.95 Å². The largest absolute Gasteiger partial charge is 0.419 e. The fourth-order valence-corrected chi connectivity index (χ4v) is 3.10. The quantitative estimate of drug-likeness (QED) is 0.725. The van der Waals surface area contributed by atoms with E-state index in [9.17, 15) is 18.0 Å². The highest BCUT2D eigenvalue weighted by Gasteiger charge is 2.33. The van der Waals surface area contributed by atoms with Gasteiger partial charge in [-0.1, -0.05) is 0 Å². The number of fused-ring (bicyclic) bond motifs is 1. The number of hydrogen-bond acceptors (Lipinski definition) is 6. The molecule has 1 amide bonds. The maximum atomic E-state index is 12.6. The van der Waals surface area contributed by atoms with Crippen LogP contribution >= 0.6 is 0 Å². The Hall–Kier alpha value is -3.30. The second-order valence-electron chi connectivity index (χ2n) is 6.99. The number of alkyl halides is 3. The summed E-state index contributed by atoms with van der Waals surface area (Å²) in [6, 6.07) is 5.10. The molecular weight excluding hydrogens is 385 g/mol. The Labute approximate surface area is 164 Å². The van der Waals surface area contributed by atoms with E-state index in [1.165, 1.54) is 0 Å². The zero-order chi connectivity index (χ0) is 20.8. The smallest absolute Gasteiger partial charge is 0.346 e. The summed E-state index contributed by atoms with van der Waals surface area (Å²) in [7, 11) is 0. The number of nitrogens with zero attached hydrogens (tertiary/aromatic N) is 5. The molecule has 1 aliphatic heterocycles. The minimum absolute atomic E-state index is 0.137. The monoisotopic (exact) mass is 402 g/mol. The van der Waals surface area contributed by atoms with Crippen LogP contribution in [0.15, 0.2) is 30.6 Å². The Morgan fingerprint density at radius 3 is 2.48 bits per heavy atom. The third kappa shape index (κ3) is 3.69. The van der Waals surface area contributed by atoms with Crippen LogP contribution in [0.25, 0.3) is 10.9 Å². The predicted molar refractivity (Wildman–Crippen MR) is 99.5 cm³/mol. The lowest BCUT2D eigenvalue weighted by atomic mass is 10.0. The first-order valence-corrected chi connectivity index (χ1v) is 8.91. The second-order valence-corrected chi connectivity index (χ2v) is 6.99. The van der Waals surface area contributed by atoms with Crippen LogP contribution in [0.2, 0.25) is 0 Å². The molecular formula is C19H17F3N6O. The molecule has 3 heterocycles. The molecule has 0 aliphatic carbocycles. The van der Waals surface area contributed by atoms with Gasteiger partial charge < -0.3 is 10.2 Å². The molecule has 0 unspecified atom stereocenters. The number of aromatic nitrogens is 4. The first-order chi connectivity index (χ1) is 13.7. The van der Waals surface area contributed by atoms with Crippen molar-refractivity contribution in [3.05, 3.63) is 53.0 Å². The molecule has 150 valence electrons. The lowest BCUT2D eigenvalue weighted by Gasteiger charge is -2.39. The van der Waals surface area contributed by atoms with E-state index in [0.717, 1.165) is 34.6 Å². The van der Waals surface area contributed by atoms with E-state index in [1.54, 1.807) is 23.1 Å². The van der Waals surface area contributed by atoms with E-state index >= 15 is 0 Å². The highest BCUT2D eigenvalue weighted by molar-refractivity contribution is 5.98. The Balaban J connectivity index is 1.40. The number of carbonyl (C=O) groups is 1. The van der Waals surface area contributed by atoms with Crippen molar-refractivity contribution in [2.24, 2.45) is 0 Å². The van der Waals surface area contributed by atoms with Crippen molar-refractivity contribution in [1.29, 1.82) is 0 Å². The van der Waals surface area contributed by atoms with Gasteiger partial charge in [-0.15, -0.1) is 0 Å². The zero-order valence-electron chi connectivity index (χ0n) is 15.7. The highest BCUT2D eigenvalue weighted by atomic mass is 19.4. The number of nitrogens with one attached hydrogen (secondary N) is 1. The molecule has 1 N–H and O–H groups in total. The molecule has 10 heteroatoms. The minimum Gasteiger partial charge on any atom is -0.346 e. The van der Waals surface area contributed by atoms with Gasteiger partial charge in [-0.3, -0.25) is 4.79 Å². The number of halogens is 3. The number of rotatable bonds is 3. The van der Waals surface area contributed by atoms with E-state index in [-0.39, 0.29) is 17.9 Å². The Kier molecular flexibility index (Phi) is 4.56. The van der Waals surface area contributed by atoms with Gasteiger partial charge in [0.05, 0.1) is 22.8 Å². The molecule has 1 fully saturated rings. The molecule has 0 saturated carbocycles. The summed E-state index contributed by atoms with van der Waals surface area (Å²) in [6.07, 6.45) is -2.95. The fraction of sp³-hybridized carbons (Fsp3) is 0.316. The van der Waals surface area contributed by atoms with Crippen LogP contribution in [0.4, 0.5) is 19.1 Å². The Morgan fingerprint density at radius 1 is 1.14 bits per heavy atom. The Bertz CT molecular complexity index is 1080. The van der Waals surface area contributed by atoms with Gasteiger partial charge in [0.25, 0.3) is 5.91 Å². The molecule has 1 aromatic carbocycles. The van der Waals surface area contributed by atoms with Crippen molar-refractivity contribution >= 4 is 22.8 Å². The second kappa shape index (κ2) is 6.94. The van der Waals surface area contributed by atoms with Gasteiger partial charge in [0, 0.05) is 36.4 Å². The van der Waals surface area contributed by atoms with Gasteiger partial charge in [0.1, 0.15) is 0 Å². The van der Waals surface area contributed by atoms with Crippen LogP contribution in [0.1, 0.15) is 27.2 Å². The maximum Gasteiger partial charge on any atom is 0.419 e. The average molecular weight is 402 g/mol. The van der Waals surface area contributed by atoms with Gasteiger partial charge in [-0.05, 0) is 37.6 Å². The fourth-order valence-electron chi connectivity index (χ4n) is 3.10. The molecule has 0 radical (unpaired) electrons. The number of amides is 1. The van der Waals surface area contributed by atoms with Crippen LogP contribution < -0.4 is 10.2 Å². The lowest BCUT2D eigenvalue weighted by molar-refractivity contribution is -0.138. The molecule has 29 heavy (non-hydrogen) atoms. The van der Waals surface area contributed by atoms with E-state index in [4.69, 9.17) is 0 Å². The topological polar surface area (TPSA) is 83.9 Å². The third-order valence-corrected chi connectivity index (χ3v) is 4.98. The van der Waals surface area contributed by atoms with Crippen LogP contribution in [0.5, 0.6) is 0 Å². The van der Waals surface area contributed by atoms with Crippen molar-refractivity contribution in [3.63, 3.8) is 0 Å². The maximum absolute atomic E-state index is 12.6. The van der Waals surface area contributed by atoms with Crippen LogP contribution in [-0.4, -0.2) is 45.2 Å². The summed E-state index contributed by atoms with van der Waals surface area (Å²) < 4.78 is 37.7. The minimum atomic E-state index is -4.47. The molecule has 2 aromatic heterocycles. The number of aryl methyl sites for hydroxylation is 2. The van der Waals surface area contributed by atoms with Gasteiger partial charge in [-0.2, -0.15) is 23.4 Å². The number of benzene rings is 1. The summed E-state index contributed by atoms with van der Waals surface area (Å²) in [5.41, 5.74) is 2.12. The zero-order valence-corrected chi connectivity index (χ0v) is 15.7. The lowest BCUT2D eigenvalue weighted by Crippen LogP contribution is -2.60. The van der Waals surface area contributed by atoms with Crippen molar-refractivity contribution in [3.8, 4) is 0 Å². The molecule has 1 saturated heterocycles. The Morgan fingerprint density at radius 2 is 1.83 bits per heavy atom. The highest BCUT2D eigenvalue weighted by Crippen LogP contribution is 2.29. The van der Waals surface area contributed by atoms with Crippen LogP contribution in [0, 0.1) is 13.8 Å². The van der Waals surface area contributed by atoms with Crippen molar-refractivity contribution < 1.29 is 18.0 Å². The van der Waals surface area contributed by atoms with Crippen molar-refractivity contribution in [2.75, 3.05) is 18.0 Å². The summed E-state index contributed by atoms with van der Waals surface area (Å²) in [5, 5.41) is 12.0. The summed E-state index contributed by atoms with van der Waals surface area (Å²) >= 11 is 0. The van der Waals surface area contributed by atoms with E-state index in [1.807, 2.05) is 13.8 Å². The van der Waals surface area contributed by atoms with Crippen LogP contribution in [0.3, 0.4) is 0 Å². The van der Waals surface area contributed by atoms with E-state index in [0.29, 0.717) is 18.7 Å². The first kappa shape index (κ1) is 19.0. The van der Waals surface area contributed by atoms with Gasteiger partial charge >= 0.3 is 6.18 Å². The molecule has 0 atom stereocenters. The molecule has 1 aliphatic rings. The molecule has 0 bridgehead atoms. The number of hydrogen-bond donors (Lipinski definition) is 1. The molecule has 4 rings (SSSR count). The summed E-state index contributed by atoms with van der Waals surface area (Å²) in [6.45, 7) is 4.64. The van der Waals surface area contributed by atoms with E-state index < -0.39 is 11.7 Å². The number of carbonyl (C=O) groups excluding carboxylic acids is 1. The van der Waals surface area contributed by atoms with E-state index in [2.05, 4.69) is 25.5 Å². The first-order valence-electron chi connectivity index (χ1n) is 8.91. The summed E-state index contributed by atoms with van der Waals surface area (Å²) in [4.78, 5) is 21.8. The molecule has 7 nitrogen and oxygen atoms in total. The third-order valence-electron chi connectivity index (χ3n) is 4.98. The predicted octanol–water partition coefficient (Wildman–Crippen LogP) is 2.67. The van der Waals surface area contributed by atoms with Crippen molar-refractivity contribution in [1.82, 2.24) is 25.5 Å². The SMILES string of the molecule is Cc1nnc2ccc(C(=O)NC3CN(c4ncc(C(F)(F)F)cn4)C3)cc2c1C. The standard InChI is InChI=1S/C19H17F3N6O/c1-10-11(2)26-27-16-4-3-12(5-15(10)16)17(29)25-14-8-28(9-14)18-23-6-13(7-24-18)19(20,21)22/h3-7,14H,8-9H2,1-2H3,(H,25,29).